The highest BCUT2D eigenvalue weighted by molar-refractivity contribution is 5.95. The van der Waals surface area contributed by atoms with E-state index in [0.717, 1.165) is 50.1 Å². The van der Waals surface area contributed by atoms with Crippen molar-refractivity contribution in [3.05, 3.63) is 150 Å². The van der Waals surface area contributed by atoms with Crippen molar-refractivity contribution < 1.29 is 14.3 Å². The number of hydrazone groups is 1. The lowest BCUT2D eigenvalue weighted by Gasteiger charge is -2.15. The second kappa shape index (κ2) is 13.0. The molecule has 1 amide bonds. The maximum absolute atomic E-state index is 13.0. The zero-order chi connectivity index (χ0) is 30.3. The maximum Gasteiger partial charge on any atom is 0.338 e. The average molecular weight is 578 g/mol. The molecule has 0 atom stereocenters. The van der Waals surface area contributed by atoms with Crippen molar-refractivity contribution in [2.75, 3.05) is 6.61 Å². The molecule has 0 spiro atoms. The Morgan fingerprint density at radius 2 is 1.43 bits per heavy atom. The summed E-state index contributed by atoms with van der Waals surface area (Å²) >= 11 is 0. The summed E-state index contributed by atoms with van der Waals surface area (Å²) in [6, 6.07) is 43.6. The molecular formula is C38H31N3O3. The number of aromatic nitrogens is 1. The zero-order valence-corrected chi connectivity index (χ0v) is 24.3. The Labute approximate surface area is 256 Å². The van der Waals surface area contributed by atoms with Crippen LogP contribution < -0.4 is 5.43 Å². The predicted molar refractivity (Wildman–Crippen MR) is 176 cm³/mol. The second-order valence-electron chi connectivity index (χ2n) is 10.3. The van der Waals surface area contributed by atoms with Crippen LogP contribution in [-0.2, 0) is 16.0 Å². The van der Waals surface area contributed by atoms with Gasteiger partial charge in [0.2, 0.25) is 5.91 Å². The zero-order valence-electron chi connectivity index (χ0n) is 24.3. The van der Waals surface area contributed by atoms with Gasteiger partial charge in [-0.1, -0.05) is 103 Å². The Morgan fingerprint density at radius 1 is 0.773 bits per heavy atom. The van der Waals surface area contributed by atoms with Gasteiger partial charge in [-0.2, -0.15) is 5.10 Å². The highest BCUT2D eigenvalue weighted by Gasteiger charge is 2.19. The molecule has 6 nitrogen and oxygen atoms in total. The molecule has 6 aromatic rings. The average Bonchev–Trinajstić information content (AvgIpc) is 3.45. The van der Waals surface area contributed by atoms with Crippen LogP contribution in [0.2, 0.25) is 0 Å². The van der Waals surface area contributed by atoms with E-state index in [1.165, 1.54) is 0 Å². The van der Waals surface area contributed by atoms with Crippen LogP contribution in [0.15, 0.2) is 139 Å². The Morgan fingerprint density at radius 3 is 2.16 bits per heavy atom. The summed E-state index contributed by atoms with van der Waals surface area (Å²) in [7, 11) is 0. The van der Waals surface area contributed by atoms with Crippen molar-refractivity contribution in [1.29, 1.82) is 0 Å². The molecule has 0 aliphatic carbocycles. The van der Waals surface area contributed by atoms with E-state index in [0.29, 0.717) is 12.2 Å². The molecule has 44 heavy (non-hydrogen) atoms. The van der Waals surface area contributed by atoms with Gasteiger partial charge in [0.05, 0.1) is 36.2 Å². The molecule has 6 heteroatoms. The Kier molecular flexibility index (Phi) is 8.41. The highest BCUT2D eigenvalue weighted by atomic mass is 16.5. The molecule has 0 aliphatic rings. The van der Waals surface area contributed by atoms with Crippen LogP contribution in [0.1, 0.15) is 28.4 Å². The number of carbonyl (C=O) groups excluding carboxylic acids is 2. The third kappa shape index (κ3) is 6.05. The van der Waals surface area contributed by atoms with Gasteiger partial charge < -0.3 is 9.30 Å². The third-order valence-electron chi connectivity index (χ3n) is 7.41. The van der Waals surface area contributed by atoms with Gasteiger partial charge in [0.15, 0.2) is 0 Å². The van der Waals surface area contributed by atoms with E-state index in [-0.39, 0.29) is 18.3 Å². The van der Waals surface area contributed by atoms with Crippen LogP contribution in [0.3, 0.4) is 0 Å². The van der Waals surface area contributed by atoms with Gasteiger partial charge >= 0.3 is 5.97 Å². The van der Waals surface area contributed by atoms with E-state index >= 15 is 0 Å². The van der Waals surface area contributed by atoms with Gasteiger partial charge in [-0.25, -0.2) is 10.2 Å². The minimum absolute atomic E-state index is 0.198. The van der Waals surface area contributed by atoms with Crippen LogP contribution in [0, 0.1) is 0 Å². The molecule has 0 saturated heterocycles. The first kappa shape index (κ1) is 28.4. The summed E-state index contributed by atoms with van der Waals surface area (Å²) in [4.78, 5) is 25.3. The van der Waals surface area contributed by atoms with Gasteiger partial charge in [-0.15, -0.1) is 0 Å². The molecule has 0 radical (unpaired) electrons. The molecule has 0 bridgehead atoms. The highest BCUT2D eigenvalue weighted by Crippen LogP contribution is 2.35. The molecule has 5 aromatic carbocycles. The monoisotopic (exact) mass is 577 g/mol. The number of hydrogen-bond donors (Lipinski definition) is 1. The molecule has 0 aliphatic heterocycles. The van der Waals surface area contributed by atoms with E-state index < -0.39 is 0 Å². The van der Waals surface area contributed by atoms with E-state index in [1.54, 1.807) is 25.3 Å². The van der Waals surface area contributed by atoms with E-state index in [1.807, 2.05) is 103 Å². The summed E-state index contributed by atoms with van der Waals surface area (Å²) in [5.74, 6) is -0.554. The number of benzene rings is 5. The number of nitrogens with one attached hydrogen (secondary N) is 1. The third-order valence-corrected chi connectivity index (χ3v) is 7.41. The van der Waals surface area contributed by atoms with Crippen molar-refractivity contribution in [3.8, 4) is 28.2 Å². The first-order valence-corrected chi connectivity index (χ1v) is 14.5. The first-order chi connectivity index (χ1) is 21.6. The Balaban J connectivity index is 1.38. The molecule has 6 rings (SSSR count). The minimum atomic E-state index is -0.356. The topological polar surface area (TPSA) is 72.7 Å². The first-order valence-electron chi connectivity index (χ1n) is 14.5. The molecule has 216 valence electrons. The molecule has 1 N–H and O–H groups in total. The fourth-order valence-electron chi connectivity index (χ4n) is 5.40. The smallest absolute Gasteiger partial charge is 0.338 e. The summed E-state index contributed by atoms with van der Waals surface area (Å²) in [6.45, 7) is 2.11. The number of esters is 1. The fraction of sp³-hybridized carbons (Fsp3) is 0.0789. The number of nitrogens with zero attached hydrogens (tertiary/aromatic N) is 2. The standard InChI is InChI=1S/C38H31N3O3/c1-2-44-38(43)30-20-22-33(23-21-30)41-35(28-13-5-3-6-14-28)24-32(37(41)29-15-7-4-8-16-29)26-39-40-36(42)25-31-18-11-17-27-12-9-10-19-34(27)31/h3-24,26H,2,25H2,1H3,(H,40,42)/b39-26-. The fourth-order valence-corrected chi connectivity index (χ4v) is 5.40. The number of amides is 1. The SMILES string of the molecule is CCOC(=O)c1ccc(-n2c(-c3ccccc3)cc(/C=N\NC(=O)Cc3cccc4ccccc34)c2-c2ccccc2)cc1. The molecule has 0 saturated carbocycles. The number of ether oxygens (including phenoxy) is 1. The number of fused-ring (bicyclic) bond motifs is 1. The van der Waals surface area contributed by atoms with Gasteiger partial charge in [0.1, 0.15) is 0 Å². The van der Waals surface area contributed by atoms with Crippen molar-refractivity contribution >= 4 is 28.9 Å². The van der Waals surface area contributed by atoms with Gasteiger partial charge in [0, 0.05) is 11.3 Å². The maximum atomic E-state index is 13.0. The van der Waals surface area contributed by atoms with Gasteiger partial charge in [0.25, 0.3) is 0 Å². The second-order valence-corrected chi connectivity index (χ2v) is 10.3. The van der Waals surface area contributed by atoms with Crippen LogP contribution in [0.4, 0.5) is 0 Å². The van der Waals surface area contributed by atoms with Crippen molar-refractivity contribution in [3.63, 3.8) is 0 Å². The lowest BCUT2D eigenvalue weighted by molar-refractivity contribution is -0.120. The lowest BCUT2D eigenvalue weighted by atomic mass is 10.0. The van der Waals surface area contributed by atoms with Crippen LogP contribution in [0.5, 0.6) is 0 Å². The van der Waals surface area contributed by atoms with Crippen LogP contribution in [-0.4, -0.2) is 29.3 Å². The molecule has 0 unspecified atom stereocenters. The molecule has 1 heterocycles. The normalized spacial score (nSPS) is 11.1. The summed E-state index contributed by atoms with van der Waals surface area (Å²) in [5.41, 5.74) is 9.70. The van der Waals surface area contributed by atoms with Crippen molar-refractivity contribution in [1.82, 2.24) is 9.99 Å². The van der Waals surface area contributed by atoms with E-state index in [2.05, 4.69) is 33.3 Å². The van der Waals surface area contributed by atoms with Crippen molar-refractivity contribution in [2.24, 2.45) is 5.10 Å². The summed E-state index contributed by atoms with van der Waals surface area (Å²) < 4.78 is 7.34. The Hall–Kier alpha value is -5.75. The van der Waals surface area contributed by atoms with Gasteiger partial charge in [-0.3, -0.25) is 4.79 Å². The summed E-state index contributed by atoms with van der Waals surface area (Å²) in [5, 5.41) is 6.56. The van der Waals surface area contributed by atoms with Crippen molar-refractivity contribution in [2.45, 2.75) is 13.3 Å². The predicted octanol–water partition coefficient (Wildman–Crippen LogP) is 7.83. The number of rotatable bonds is 9. The van der Waals surface area contributed by atoms with Gasteiger partial charge in [-0.05, 0) is 64.7 Å². The molecule has 0 fully saturated rings. The summed E-state index contributed by atoms with van der Waals surface area (Å²) in [6.07, 6.45) is 1.91. The number of carbonyl (C=O) groups is 2. The largest absolute Gasteiger partial charge is 0.462 e. The molecular weight excluding hydrogens is 546 g/mol. The quantitative estimate of drug-likeness (QED) is 0.108. The minimum Gasteiger partial charge on any atom is -0.462 e. The Bertz CT molecular complexity index is 1940. The molecule has 1 aromatic heterocycles. The van der Waals surface area contributed by atoms with E-state index in [4.69, 9.17) is 4.74 Å². The number of hydrogen-bond acceptors (Lipinski definition) is 4. The van der Waals surface area contributed by atoms with Crippen LogP contribution >= 0.6 is 0 Å². The van der Waals surface area contributed by atoms with Crippen LogP contribution in [0.25, 0.3) is 39.0 Å². The van der Waals surface area contributed by atoms with E-state index in [9.17, 15) is 9.59 Å². The lowest BCUT2D eigenvalue weighted by Crippen LogP contribution is -2.19.